The lowest BCUT2D eigenvalue weighted by Crippen LogP contribution is -2.43. The summed E-state index contributed by atoms with van der Waals surface area (Å²) in [5.74, 6) is -0.338. The van der Waals surface area contributed by atoms with Crippen LogP contribution in [0.5, 0.6) is 0 Å². The fourth-order valence-corrected chi connectivity index (χ4v) is 2.80. The van der Waals surface area contributed by atoms with Gasteiger partial charge in [0.25, 0.3) is 0 Å². The Kier molecular flexibility index (Phi) is 6.73. The number of nitrogens with one attached hydrogen (secondary N) is 2. The molecule has 0 aromatic carbocycles. The summed E-state index contributed by atoms with van der Waals surface area (Å²) in [6.07, 6.45) is 2.75. The van der Waals surface area contributed by atoms with Crippen molar-refractivity contribution in [2.75, 3.05) is 26.7 Å². The lowest BCUT2D eigenvalue weighted by Gasteiger charge is -2.18. The van der Waals surface area contributed by atoms with Crippen LogP contribution >= 0.6 is 0 Å². The highest BCUT2D eigenvalue weighted by Gasteiger charge is 2.22. The van der Waals surface area contributed by atoms with Crippen molar-refractivity contribution < 1.29 is 13.2 Å². The van der Waals surface area contributed by atoms with Crippen molar-refractivity contribution in [1.29, 1.82) is 0 Å². The predicted molar refractivity (Wildman–Crippen MR) is 80.2 cm³/mol. The first kappa shape index (κ1) is 17.5. The largest absolute Gasteiger partial charge is 0.353 e. The molecule has 1 atom stereocenters. The van der Waals surface area contributed by atoms with Crippen LogP contribution in [0.1, 0.15) is 13.8 Å². The van der Waals surface area contributed by atoms with Crippen LogP contribution in [0.3, 0.4) is 0 Å². The molecule has 0 aliphatic heterocycles. The Balaban J connectivity index is 2.56. The summed E-state index contributed by atoms with van der Waals surface area (Å²) in [4.78, 5) is 15.6. The smallest absolute Gasteiger partial charge is 0.244 e. The van der Waals surface area contributed by atoms with Gasteiger partial charge in [0.1, 0.15) is 4.90 Å². The highest BCUT2D eigenvalue weighted by atomic mass is 32.2. The third-order valence-corrected chi connectivity index (χ3v) is 4.65. The van der Waals surface area contributed by atoms with Crippen LogP contribution in [-0.4, -0.2) is 56.3 Å². The summed E-state index contributed by atoms with van der Waals surface area (Å²) in [5, 5.41) is 5.85. The lowest BCUT2D eigenvalue weighted by atomic mass is 10.3. The molecular formula is C13H22N4O3S. The Labute approximate surface area is 125 Å². The monoisotopic (exact) mass is 314 g/mol. The molecule has 1 aromatic heterocycles. The van der Waals surface area contributed by atoms with E-state index in [0.29, 0.717) is 6.54 Å². The van der Waals surface area contributed by atoms with Gasteiger partial charge in [-0.1, -0.05) is 6.92 Å². The van der Waals surface area contributed by atoms with E-state index in [1.165, 1.54) is 25.5 Å². The lowest BCUT2D eigenvalue weighted by molar-refractivity contribution is -0.121. The Hall–Kier alpha value is -1.51. The summed E-state index contributed by atoms with van der Waals surface area (Å²) >= 11 is 0. The molecule has 2 N–H and O–H groups in total. The Morgan fingerprint density at radius 1 is 1.48 bits per heavy atom. The van der Waals surface area contributed by atoms with E-state index < -0.39 is 10.0 Å². The van der Waals surface area contributed by atoms with E-state index in [9.17, 15) is 13.2 Å². The van der Waals surface area contributed by atoms with E-state index in [1.54, 1.807) is 6.07 Å². The van der Waals surface area contributed by atoms with Crippen molar-refractivity contribution in [1.82, 2.24) is 19.9 Å². The molecule has 0 aliphatic rings. The van der Waals surface area contributed by atoms with E-state index >= 15 is 0 Å². The van der Waals surface area contributed by atoms with Gasteiger partial charge in [0.15, 0.2) is 0 Å². The number of hydrogen-bond donors (Lipinski definition) is 2. The molecule has 0 saturated carbocycles. The normalized spacial score (nSPS) is 13.1. The fourth-order valence-electron chi connectivity index (χ4n) is 1.71. The zero-order valence-corrected chi connectivity index (χ0v) is 13.4. The number of aromatic nitrogens is 1. The molecule has 0 aliphatic carbocycles. The number of sulfonamides is 1. The molecule has 21 heavy (non-hydrogen) atoms. The summed E-state index contributed by atoms with van der Waals surface area (Å²) in [6.45, 7) is 4.96. The number of nitrogens with zero attached hydrogens (tertiary/aromatic N) is 2. The fraction of sp³-hybridized carbons (Fsp3) is 0.538. The molecule has 1 amide bonds. The van der Waals surface area contributed by atoms with Crippen molar-refractivity contribution in [3.63, 3.8) is 0 Å². The first-order valence-electron chi connectivity index (χ1n) is 6.74. The van der Waals surface area contributed by atoms with Gasteiger partial charge >= 0.3 is 0 Å². The third-order valence-electron chi connectivity index (χ3n) is 2.87. The first-order chi connectivity index (χ1) is 9.87. The second kappa shape index (κ2) is 8.06. The highest BCUT2D eigenvalue weighted by Crippen LogP contribution is 2.11. The maximum atomic E-state index is 12.2. The van der Waals surface area contributed by atoms with Gasteiger partial charge in [-0.15, -0.1) is 0 Å². The quantitative estimate of drug-likeness (QED) is 0.694. The van der Waals surface area contributed by atoms with Gasteiger partial charge < -0.3 is 10.6 Å². The molecule has 118 valence electrons. The Morgan fingerprint density at radius 3 is 2.76 bits per heavy atom. The molecule has 1 aromatic rings. The molecule has 8 heteroatoms. The van der Waals surface area contributed by atoms with E-state index in [0.717, 1.165) is 10.8 Å². The number of amides is 1. The molecule has 0 spiro atoms. The summed E-state index contributed by atoms with van der Waals surface area (Å²) in [6, 6.07) is 3.13. The highest BCUT2D eigenvalue weighted by molar-refractivity contribution is 7.89. The van der Waals surface area contributed by atoms with Crippen molar-refractivity contribution in [2.24, 2.45) is 0 Å². The maximum Gasteiger partial charge on any atom is 0.244 e. The second-order valence-corrected chi connectivity index (χ2v) is 6.76. The Bertz CT molecular complexity index is 548. The van der Waals surface area contributed by atoms with Crippen molar-refractivity contribution >= 4 is 15.9 Å². The molecule has 1 heterocycles. The van der Waals surface area contributed by atoms with Crippen LogP contribution in [0.4, 0.5) is 0 Å². The number of carbonyl (C=O) groups excluding carboxylic acids is 1. The topological polar surface area (TPSA) is 91.4 Å². The zero-order valence-electron chi connectivity index (χ0n) is 12.5. The van der Waals surface area contributed by atoms with Gasteiger partial charge in [-0.25, -0.2) is 8.42 Å². The molecule has 0 unspecified atom stereocenters. The van der Waals surface area contributed by atoms with Crippen molar-refractivity contribution in [2.45, 2.75) is 24.8 Å². The minimum Gasteiger partial charge on any atom is -0.353 e. The van der Waals surface area contributed by atoms with Gasteiger partial charge in [0, 0.05) is 32.0 Å². The van der Waals surface area contributed by atoms with E-state index in [1.807, 2.05) is 13.8 Å². The summed E-state index contributed by atoms with van der Waals surface area (Å²) < 4.78 is 25.4. The number of likely N-dealkylation sites (N-methyl/N-ethyl adjacent to an activating group) is 2. The minimum absolute atomic E-state index is 0.0707. The maximum absolute atomic E-state index is 12.2. The first-order valence-corrected chi connectivity index (χ1v) is 8.18. The standard InChI is InChI=1S/C13H22N4O3S/c1-4-15-11(2)8-16-13(18)10-17(3)21(19,20)12-6-5-7-14-9-12/h5-7,9,11,15H,4,8,10H2,1-3H3,(H,16,18)/t11-/m1/s1. The van der Waals surface area contributed by atoms with Gasteiger partial charge in [0.2, 0.25) is 15.9 Å². The minimum atomic E-state index is -3.69. The van der Waals surface area contributed by atoms with Crippen LogP contribution in [0.2, 0.25) is 0 Å². The van der Waals surface area contributed by atoms with Crippen LogP contribution < -0.4 is 10.6 Å². The predicted octanol–water partition coefficient (Wildman–Crippen LogP) is -0.184. The van der Waals surface area contributed by atoms with Gasteiger partial charge in [-0.3, -0.25) is 9.78 Å². The molecule has 0 bridgehead atoms. The van der Waals surface area contributed by atoms with E-state index in [-0.39, 0.29) is 23.4 Å². The molecule has 7 nitrogen and oxygen atoms in total. The number of hydrogen-bond acceptors (Lipinski definition) is 5. The molecule has 1 rings (SSSR count). The summed E-state index contributed by atoms with van der Waals surface area (Å²) in [5.41, 5.74) is 0. The van der Waals surface area contributed by atoms with E-state index in [2.05, 4.69) is 15.6 Å². The molecule has 0 fully saturated rings. The molecular weight excluding hydrogens is 292 g/mol. The zero-order chi connectivity index (χ0) is 15.9. The summed E-state index contributed by atoms with van der Waals surface area (Å²) in [7, 11) is -2.32. The Morgan fingerprint density at radius 2 is 2.19 bits per heavy atom. The average molecular weight is 314 g/mol. The van der Waals surface area contributed by atoms with Gasteiger partial charge in [0.05, 0.1) is 6.54 Å². The third kappa shape index (κ3) is 5.41. The molecule has 0 saturated heterocycles. The number of carbonyl (C=O) groups is 1. The number of rotatable bonds is 8. The second-order valence-electron chi connectivity index (χ2n) is 4.71. The van der Waals surface area contributed by atoms with Crippen LogP contribution in [0.15, 0.2) is 29.4 Å². The van der Waals surface area contributed by atoms with Gasteiger partial charge in [-0.2, -0.15) is 4.31 Å². The van der Waals surface area contributed by atoms with Crippen LogP contribution in [-0.2, 0) is 14.8 Å². The number of pyridine rings is 1. The van der Waals surface area contributed by atoms with Crippen LogP contribution in [0, 0.1) is 0 Å². The van der Waals surface area contributed by atoms with Gasteiger partial charge in [-0.05, 0) is 25.6 Å². The van der Waals surface area contributed by atoms with Crippen molar-refractivity contribution in [3.05, 3.63) is 24.5 Å². The molecule has 0 radical (unpaired) electrons. The van der Waals surface area contributed by atoms with Crippen molar-refractivity contribution in [3.8, 4) is 0 Å². The SMILES string of the molecule is CCN[C@H](C)CNC(=O)CN(C)S(=O)(=O)c1cccnc1. The average Bonchev–Trinajstić information content (AvgIpc) is 2.46. The van der Waals surface area contributed by atoms with E-state index in [4.69, 9.17) is 0 Å². The van der Waals surface area contributed by atoms with Crippen LogP contribution in [0.25, 0.3) is 0 Å².